The predicted octanol–water partition coefficient (Wildman–Crippen LogP) is 3.88. The molecule has 1 aliphatic rings. The van der Waals surface area contributed by atoms with E-state index in [1.165, 1.54) is 4.90 Å². The molecule has 0 aliphatic carbocycles. The van der Waals surface area contributed by atoms with E-state index >= 15 is 0 Å². The number of urea groups is 1. The van der Waals surface area contributed by atoms with Gasteiger partial charge in [-0.3, -0.25) is 0 Å². The van der Waals surface area contributed by atoms with Crippen molar-refractivity contribution in [3.05, 3.63) is 59.7 Å². The molecule has 0 radical (unpaired) electrons. The van der Waals surface area contributed by atoms with Gasteiger partial charge in [0.1, 0.15) is 5.75 Å². The van der Waals surface area contributed by atoms with E-state index in [0.29, 0.717) is 18.4 Å². The second-order valence-corrected chi connectivity index (χ2v) is 9.53. The number of rotatable bonds is 6. The van der Waals surface area contributed by atoms with Gasteiger partial charge in [0, 0.05) is 26.2 Å². The summed E-state index contributed by atoms with van der Waals surface area (Å²) in [7, 11) is -4.11. The number of carbonyl (C=O) groups is 1. The highest BCUT2D eigenvalue weighted by atomic mass is 32.2. The fraction of sp³-hybridized carbons (Fsp3) is 0.409. The Balaban J connectivity index is 1.61. The van der Waals surface area contributed by atoms with Gasteiger partial charge in [0.15, 0.2) is 0 Å². The van der Waals surface area contributed by atoms with Gasteiger partial charge in [-0.15, -0.1) is 0 Å². The van der Waals surface area contributed by atoms with Gasteiger partial charge in [0.25, 0.3) is 0 Å². The van der Waals surface area contributed by atoms with Gasteiger partial charge in [-0.05, 0) is 49.7 Å². The second-order valence-electron chi connectivity index (χ2n) is 7.59. The number of benzene rings is 2. The molecule has 1 unspecified atom stereocenters. The molecule has 7 nitrogen and oxygen atoms in total. The summed E-state index contributed by atoms with van der Waals surface area (Å²) in [6.45, 7) is 4.45. The normalized spacial score (nSPS) is 16.3. The summed E-state index contributed by atoms with van der Waals surface area (Å²) in [4.78, 5) is 13.7. The predicted molar refractivity (Wildman–Crippen MR) is 116 cm³/mol. The maximum atomic E-state index is 13.0. The summed E-state index contributed by atoms with van der Waals surface area (Å²) in [5, 5.41) is 2.88. The molecule has 0 bridgehead atoms. The van der Waals surface area contributed by atoms with Crippen LogP contribution in [0.1, 0.15) is 31.0 Å². The molecule has 0 aromatic heterocycles. The number of carbonyl (C=O) groups excluding carboxylic acids is 1. The summed E-state index contributed by atoms with van der Waals surface area (Å²) >= 11 is 0. The van der Waals surface area contributed by atoms with Gasteiger partial charge in [-0.1, -0.05) is 18.2 Å². The van der Waals surface area contributed by atoms with Crippen molar-refractivity contribution >= 4 is 16.1 Å². The van der Waals surface area contributed by atoms with Gasteiger partial charge < -0.3 is 15.0 Å². The summed E-state index contributed by atoms with van der Waals surface area (Å²) in [6.07, 6.45) is -4.64. The van der Waals surface area contributed by atoms with E-state index in [9.17, 15) is 26.4 Å². The van der Waals surface area contributed by atoms with Crippen LogP contribution in [0.3, 0.4) is 0 Å². The average molecular weight is 486 g/mol. The Bertz CT molecular complexity index is 1080. The molecule has 1 atom stereocenters. The Morgan fingerprint density at radius 1 is 1.09 bits per heavy atom. The Morgan fingerprint density at radius 3 is 2.39 bits per heavy atom. The van der Waals surface area contributed by atoms with Gasteiger partial charge in [-0.2, -0.15) is 17.5 Å². The highest BCUT2D eigenvalue weighted by Gasteiger charge is 2.34. The van der Waals surface area contributed by atoms with Crippen molar-refractivity contribution in [2.45, 2.75) is 31.0 Å². The first-order valence-corrected chi connectivity index (χ1v) is 11.9. The van der Waals surface area contributed by atoms with Crippen LogP contribution in [0.4, 0.5) is 18.0 Å². The molecule has 1 heterocycles. The van der Waals surface area contributed by atoms with Crippen LogP contribution >= 0.6 is 0 Å². The van der Waals surface area contributed by atoms with Crippen molar-refractivity contribution in [2.24, 2.45) is 0 Å². The number of ether oxygens (including phenoxy) is 1. The number of alkyl halides is 3. The fourth-order valence-electron chi connectivity index (χ4n) is 3.51. The van der Waals surface area contributed by atoms with Crippen molar-refractivity contribution in [3.8, 4) is 5.75 Å². The molecule has 11 heteroatoms. The molecule has 1 N–H and O–H groups in total. The summed E-state index contributed by atoms with van der Waals surface area (Å²) in [6, 6.07) is 10.4. The number of hydrogen-bond donors (Lipinski definition) is 1. The van der Waals surface area contributed by atoms with Crippen molar-refractivity contribution in [1.82, 2.24) is 14.5 Å². The first-order valence-electron chi connectivity index (χ1n) is 10.5. The van der Waals surface area contributed by atoms with Gasteiger partial charge >= 0.3 is 12.2 Å². The second kappa shape index (κ2) is 10.0. The largest absolute Gasteiger partial charge is 0.494 e. The molecule has 2 aromatic carbocycles. The number of piperazine rings is 1. The van der Waals surface area contributed by atoms with Crippen LogP contribution in [-0.2, 0) is 16.2 Å². The van der Waals surface area contributed by atoms with Gasteiger partial charge in [-0.25, -0.2) is 13.2 Å². The van der Waals surface area contributed by atoms with Crippen LogP contribution in [0.25, 0.3) is 0 Å². The number of amides is 2. The Kier molecular flexibility index (Phi) is 7.53. The fourth-order valence-corrected chi connectivity index (χ4v) is 4.98. The highest BCUT2D eigenvalue weighted by molar-refractivity contribution is 7.89. The van der Waals surface area contributed by atoms with Crippen LogP contribution in [0.5, 0.6) is 5.75 Å². The maximum Gasteiger partial charge on any atom is 0.416 e. The lowest BCUT2D eigenvalue weighted by atomic mass is 10.1. The van der Waals surface area contributed by atoms with E-state index in [1.54, 1.807) is 0 Å². The van der Waals surface area contributed by atoms with E-state index in [4.69, 9.17) is 4.74 Å². The number of halogens is 3. The lowest BCUT2D eigenvalue weighted by molar-refractivity contribution is -0.137. The molecule has 180 valence electrons. The van der Waals surface area contributed by atoms with Crippen LogP contribution < -0.4 is 10.1 Å². The molecule has 1 fully saturated rings. The minimum Gasteiger partial charge on any atom is -0.494 e. The minimum atomic E-state index is -4.64. The van der Waals surface area contributed by atoms with Crippen LogP contribution in [-0.4, -0.2) is 56.4 Å². The zero-order valence-electron chi connectivity index (χ0n) is 18.3. The van der Waals surface area contributed by atoms with Crippen molar-refractivity contribution < 1.29 is 31.1 Å². The van der Waals surface area contributed by atoms with E-state index in [1.807, 2.05) is 38.1 Å². The Hall–Kier alpha value is -2.79. The number of hydrogen-bond acceptors (Lipinski definition) is 4. The molecule has 33 heavy (non-hydrogen) atoms. The minimum absolute atomic E-state index is 0.0137. The SMILES string of the molecule is CCOc1cccc(C(C)NC(=O)N2CCN(S(=O)(=O)c3cccc(C(F)(F)F)c3)CC2)c1. The molecule has 2 amide bonds. The third kappa shape index (κ3) is 5.97. The van der Waals surface area contributed by atoms with Crippen LogP contribution in [0, 0.1) is 0 Å². The van der Waals surface area contributed by atoms with E-state index in [-0.39, 0.29) is 38.3 Å². The first-order chi connectivity index (χ1) is 15.5. The lowest BCUT2D eigenvalue weighted by Gasteiger charge is -2.34. The smallest absolute Gasteiger partial charge is 0.416 e. The third-order valence-electron chi connectivity index (χ3n) is 5.33. The molecule has 3 rings (SSSR count). The Morgan fingerprint density at radius 2 is 1.76 bits per heavy atom. The average Bonchev–Trinajstić information content (AvgIpc) is 2.79. The molecular formula is C22H26F3N3O4S. The zero-order chi connectivity index (χ0) is 24.2. The molecule has 1 aliphatic heterocycles. The topological polar surface area (TPSA) is 79.0 Å². The first kappa shape index (κ1) is 24.8. The van der Waals surface area contributed by atoms with Crippen LogP contribution in [0.2, 0.25) is 0 Å². The molecule has 0 saturated carbocycles. The van der Waals surface area contributed by atoms with E-state index < -0.39 is 26.7 Å². The molecular weight excluding hydrogens is 459 g/mol. The summed E-state index contributed by atoms with van der Waals surface area (Å²) in [5.74, 6) is 0.699. The molecule has 0 spiro atoms. The van der Waals surface area contributed by atoms with Crippen molar-refractivity contribution in [3.63, 3.8) is 0 Å². The zero-order valence-corrected chi connectivity index (χ0v) is 19.1. The maximum absolute atomic E-state index is 13.0. The molecule has 2 aromatic rings. The highest BCUT2D eigenvalue weighted by Crippen LogP contribution is 2.31. The lowest BCUT2D eigenvalue weighted by Crippen LogP contribution is -2.53. The summed E-state index contributed by atoms with van der Waals surface area (Å²) < 4.78 is 71.1. The Labute approximate surface area is 191 Å². The van der Waals surface area contributed by atoms with E-state index in [2.05, 4.69) is 5.32 Å². The van der Waals surface area contributed by atoms with Crippen molar-refractivity contribution in [1.29, 1.82) is 0 Å². The standard InChI is InChI=1S/C22H26F3N3O4S/c1-3-32-19-8-4-6-17(14-19)16(2)26-21(29)27-10-12-28(13-11-27)33(30,31)20-9-5-7-18(15-20)22(23,24)25/h4-9,14-16H,3,10-13H2,1-2H3,(H,26,29). The quantitative estimate of drug-likeness (QED) is 0.674. The number of sulfonamides is 1. The monoisotopic (exact) mass is 485 g/mol. The third-order valence-corrected chi connectivity index (χ3v) is 7.23. The number of nitrogens with one attached hydrogen (secondary N) is 1. The van der Waals surface area contributed by atoms with Gasteiger partial charge in [0.05, 0.1) is 23.1 Å². The van der Waals surface area contributed by atoms with Crippen molar-refractivity contribution in [2.75, 3.05) is 32.8 Å². The molecule has 1 saturated heterocycles. The number of nitrogens with zero attached hydrogens (tertiary/aromatic N) is 2. The van der Waals surface area contributed by atoms with E-state index in [0.717, 1.165) is 28.1 Å². The van der Waals surface area contributed by atoms with Crippen LogP contribution in [0.15, 0.2) is 53.4 Å². The summed E-state index contributed by atoms with van der Waals surface area (Å²) in [5.41, 5.74) is -0.163. The van der Waals surface area contributed by atoms with Gasteiger partial charge in [0.2, 0.25) is 10.0 Å².